The fourth-order valence-corrected chi connectivity index (χ4v) is 4.32. The van der Waals surface area contributed by atoms with Gasteiger partial charge >= 0.3 is 0 Å². The van der Waals surface area contributed by atoms with E-state index in [9.17, 15) is 0 Å². The number of hydrogen-bond donors (Lipinski definition) is 1. The van der Waals surface area contributed by atoms with E-state index in [2.05, 4.69) is 83.2 Å². The van der Waals surface area contributed by atoms with E-state index in [-0.39, 0.29) is 0 Å². The molecule has 162 valence electrons. The van der Waals surface area contributed by atoms with Crippen LogP contribution in [0.2, 0.25) is 0 Å². The standard InChI is InChI=1S/C26H28N6/c1-18-7-5-8-20(15-18)23-11-12-25-26(28-23)32(14-6-13-30(25)3)19(2)27-22-9-10-24-21(16-22)17-31(4)29-24/h5,7-12,15-17,27H,2,6,13-14H2,1,3-4H3. The van der Waals surface area contributed by atoms with Gasteiger partial charge in [0.2, 0.25) is 0 Å². The number of rotatable bonds is 4. The number of nitrogens with one attached hydrogen (secondary N) is 1. The molecule has 32 heavy (non-hydrogen) atoms. The summed E-state index contributed by atoms with van der Waals surface area (Å²) in [6.45, 7) is 8.31. The first kappa shape index (κ1) is 20.1. The highest BCUT2D eigenvalue weighted by Crippen LogP contribution is 2.34. The van der Waals surface area contributed by atoms with E-state index in [4.69, 9.17) is 4.98 Å². The molecule has 0 atom stereocenters. The molecule has 2 aromatic carbocycles. The molecule has 4 aromatic rings. The van der Waals surface area contributed by atoms with Crippen LogP contribution in [0.3, 0.4) is 0 Å². The van der Waals surface area contributed by atoms with Crippen molar-refractivity contribution in [3.05, 3.63) is 78.8 Å². The van der Waals surface area contributed by atoms with Crippen LogP contribution in [0, 0.1) is 6.92 Å². The van der Waals surface area contributed by atoms with Gasteiger partial charge in [0.15, 0.2) is 5.82 Å². The number of anilines is 3. The Hall–Kier alpha value is -3.80. The second-order valence-electron chi connectivity index (χ2n) is 8.48. The van der Waals surface area contributed by atoms with Crippen molar-refractivity contribution in [1.82, 2.24) is 14.8 Å². The lowest BCUT2D eigenvalue weighted by atomic mass is 10.1. The fraction of sp³-hybridized carbons (Fsp3) is 0.231. The molecule has 0 radical (unpaired) electrons. The molecule has 0 unspecified atom stereocenters. The Labute approximate surface area is 188 Å². The minimum atomic E-state index is 0.818. The Morgan fingerprint density at radius 1 is 1.03 bits per heavy atom. The lowest BCUT2D eigenvalue weighted by Crippen LogP contribution is -2.28. The average molecular weight is 425 g/mol. The number of aromatic nitrogens is 3. The molecule has 0 spiro atoms. The maximum atomic E-state index is 5.10. The normalized spacial score (nSPS) is 13.7. The number of nitrogens with zero attached hydrogens (tertiary/aromatic N) is 5. The molecule has 3 heterocycles. The molecule has 0 saturated carbocycles. The smallest absolute Gasteiger partial charge is 0.158 e. The maximum absolute atomic E-state index is 5.10. The lowest BCUT2D eigenvalue weighted by molar-refractivity contribution is 0.780. The van der Waals surface area contributed by atoms with E-state index < -0.39 is 0 Å². The third-order valence-electron chi connectivity index (χ3n) is 5.94. The van der Waals surface area contributed by atoms with E-state index in [0.29, 0.717) is 0 Å². The molecule has 1 N–H and O–H groups in total. The van der Waals surface area contributed by atoms with Gasteiger partial charge in [0.1, 0.15) is 5.82 Å². The summed E-state index contributed by atoms with van der Waals surface area (Å²) in [6.07, 6.45) is 3.05. The van der Waals surface area contributed by atoms with Crippen molar-refractivity contribution in [3.8, 4) is 11.3 Å². The molecular formula is C26H28N6. The summed E-state index contributed by atoms with van der Waals surface area (Å²) >= 11 is 0. The highest BCUT2D eigenvalue weighted by atomic mass is 15.3. The number of benzene rings is 2. The van der Waals surface area contributed by atoms with E-state index in [1.807, 2.05) is 30.1 Å². The summed E-state index contributed by atoms with van der Waals surface area (Å²) in [5.74, 6) is 1.75. The zero-order valence-corrected chi connectivity index (χ0v) is 18.8. The van der Waals surface area contributed by atoms with E-state index in [1.165, 1.54) is 5.56 Å². The van der Waals surface area contributed by atoms with E-state index in [1.54, 1.807) is 0 Å². The first-order valence-electron chi connectivity index (χ1n) is 10.9. The first-order valence-corrected chi connectivity index (χ1v) is 10.9. The van der Waals surface area contributed by atoms with Crippen LogP contribution in [0.5, 0.6) is 0 Å². The number of hydrogen-bond acceptors (Lipinski definition) is 5. The Balaban J connectivity index is 1.50. The first-order chi connectivity index (χ1) is 15.5. The molecule has 1 aliphatic heterocycles. The zero-order valence-electron chi connectivity index (χ0n) is 18.8. The lowest BCUT2D eigenvalue weighted by Gasteiger charge is -2.27. The van der Waals surface area contributed by atoms with Crippen LogP contribution in [-0.4, -0.2) is 34.9 Å². The van der Waals surface area contributed by atoms with Gasteiger partial charge in [-0.3, -0.25) is 4.68 Å². The van der Waals surface area contributed by atoms with Crippen molar-refractivity contribution in [2.45, 2.75) is 13.3 Å². The van der Waals surface area contributed by atoms with Crippen LogP contribution in [0.1, 0.15) is 12.0 Å². The van der Waals surface area contributed by atoms with Crippen LogP contribution in [0.15, 0.2) is 73.2 Å². The Morgan fingerprint density at radius 2 is 1.91 bits per heavy atom. The summed E-state index contributed by atoms with van der Waals surface area (Å²) in [4.78, 5) is 9.58. The second-order valence-corrected chi connectivity index (χ2v) is 8.48. The zero-order chi connectivity index (χ0) is 22.2. The average Bonchev–Trinajstić information content (AvgIpc) is 3.06. The number of fused-ring (bicyclic) bond motifs is 2. The predicted octanol–water partition coefficient (Wildman–Crippen LogP) is 5.17. The second kappa shape index (κ2) is 8.04. The molecule has 0 bridgehead atoms. The van der Waals surface area contributed by atoms with Gasteiger partial charge in [-0.15, -0.1) is 0 Å². The highest BCUT2D eigenvalue weighted by Gasteiger charge is 2.23. The number of aryl methyl sites for hydroxylation is 2. The van der Waals surface area contributed by atoms with Gasteiger partial charge in [-0.1, -0.05) is 30.3 Å². The highest BCUT2D eigenvalue weighted by molar-refractivity contribution is 5.83. The SMILES string of the molecule is C=C(Nc1ccc2nn(C)cc2c1)N1CCCN(C)c2ccc(-c3cccc(C)c3)nc21. The van der Waals surface area contributed by atoms with Crippen molar-refractivity contribution in [3.63, 3.8) is 0 Å². The molecule has 5 rings (SSSR count). The molecule has 6 heteroatoms. The monoisotopic (exact) mass is 424 g/mol. The summed E-state index contributed by atoms with van der Waals surface area (Å²) < 4.78 is 1.83. The van der Waals surface area contributed by atoms with Crippen molar-refractivity contribution < 1.29 is 0 Å². The van der Waals surface area contributed by atoms with Gasteiger partial charge in [-0.25, -0.2) is 4.98 Å². The van der Waals surface area contributed by atoms with Crippen molar-refractivity contribution in [2.24, 2.45) is 7.05 Å². The maximum Gasteiger partial charge on any atom is 0.158 e. The van der Waals surface area contributed by atoms with Crippen LogP contribution in [-0.2, 0) is 7.05 Å². The van der Waals surface area contributed by atoms with Gasteiger partial charge in [-0.05, 0) is 49.7 Å². The van der Waals surface area contributed by atoms with Crippen molar-refractivity contribution in [1.29, 1.82) is 0 Å². The Morgan fingerprint density at radius 3 is 2.75 bits per heavy atom. The summed E-state index contributed by atoms with van der Waals surface area (Å²) in [5, 5.41) is 9.06. The van der Waals surface area contributed by atoms with Crippen LogP contribution in [0.25, 0.3) is 22.2 Å². The molecule has 1 aliphatic rings. The van der Waals surface area contributed by atoms with Gasteiger partial charge < -0.3 is 15.1 Å². The Bertz CT molecular complexity index is 1300. The molecule has 2 aromatic heterocycles. The predicted molar refractivity (Wildman–Crippen MR) is 133 cm³/mol. The van der Waals surface area contributed by atoms with E-state index >= 15 is 0 Å². The largest absolute Gasteiger partial charge is 0.372 e. The van der Waals surface area contributed by atoms with Gasteiger partial charge in [-0.2, -0.15) is 5.10 Å². The minimum Gasteiger partial charge on any atom is -0.372 e. The summed E-state index contributed by atoms with van der Waals surface area (Å²) in [7, 11) is 4.07. The van der Waals surface area contributed by atoms with E-state index in [0.717, 1.165) is 64.7 Å². The molecule has 6 nitrogen and oxygen atoms in total. The molecule has 0 aliphatic carbocycles. The van der Waals surface area contributed by atoms with Crippen LogP contribution < -0.4 is 15.1 Å². The molecule has 0 saturated heterocycles. The summed E-state index contributed by atoms with van der Waals surface area (Å²) in [6, 6.07) is 18.9. The third-order valence-corrected chi connectivity index (χ3v) is 5.94. The quantitative estimate of drug-likeness (QED) is 0.490. The molecule has 0 amide bonds. The Kier molecular flexibility index (Phi) is 5.05. The van der Waals surface area contributed by atoms with Crippen LogP contribution >= 0.6 is 0 Å². The van der Waals surface area contributed by atoms with Crippen molar-refractivity contribution >= 4 is 28.1 Å². The number of pyridine rings is 1. The van der Waals surface area contributed by atoms with Gasteiger partial charge in [0.25, 0.3) is 0 Å². The van der Waals surface area contributed by atoms with Gasteiger partial charge in [0, 0.05) is 50.0 Å². The molecular weight excluding hydrogens is 396 g/mol. The van der Waals surface area contributed by atoms with Crippen LogP contribution in [0.4, 0.5) is 17.2 Å². The third kappa shape index (κ3) is 3.80. The molecule has 0 fully saturated rings. The summed E-state index contributed by atoms with van der Waals surface area (Å²) in [5.41, 5.74) is 6.41. The van der Waals surface area contributed by atoms with Gasteiger partial charge in [0.05, 0.1) is 16.9 Å². The van der Waals surface area contributed by atoms with Crippen molar-refractivity contribution in [2.75, 3.05) is 35.3 Å². The topological polar surface area (TPSA) is 49.2 Å². The minimum absolute atomic E-state index is 0.818. The fourth-order valence-electron chi connectivity index (χ4n) is 4.32.